The number of hydrogen-bond donors (Lipinski definition) is 1. The number of benzene rings is 1. The predicted octanol–water partition coefficient (Wildman–Crippen LogP) is 1.98. The summed E-state index contributed by atoms with van der Waals surface area (Å²) in [5.74, 6) is 0.629. The van der Waals surface area contributed by atoms with Gasteiger partial charge in [0.25, 0.3) is 0 Å². The molecule has 2 atom stereocenters. The SMILES string of the molecule is OC1(c2cnc3ncccn23)CC2COCC(C1)N2Cc1ccccc1. The molecule has 0 amide bonds. The Morgan fingerprint density at radius 1 is 1.08 bits per heavy atom. The molecule has 0 spiro atoms. The fourth-order valence-electron chi connectivity index (χ4n) is 4.48. The van der Waals surface area contributed by atoms with E-state index in [9.17, 15) is 5.11 Å². The molecule has 1 aromatic carbocycles. The van der Waals surface area contributed by atoms with E-state index >= 15 is 0 Å². The summed E-state index contributed by atoms with van der Waals surface area (Å²) < 4.78 is 7.72. The molecule has 2 aliphatic heterocycles. The van der Waals surface area contributed by atoms with Gasteiger partial charge in [-0.3, -0.25) is 9.30 Å². The summed E-state index contributed by atoms with van der Waals surface area (Å²) in [5, 5.41) is 11.5. The molecule has 2 aliphatic rings. The first-order chi connectivity index (χ1) is 12.7. The lowest BCUT2D eigenvalue weighted by atomic mass is 9.79. The lowest BCUT2D eigenvalue weighted by molar-refractivity contribution is -0.151. The number of aliphatic hydroxyl groups is 1. The van der Waals surface area contributed by atoms with E-state index < -0.39 is 5.60 Å². The summed E-state index contributed by atoms with van der Waals surface area (Å²) in [6.07, 6.45) is 6.69. The van der Waals surface area contributed by atoms with E-state index in [1.807, 2.05) is 22.7 Å². The molecule has 2 fully saturated rings. The van der Waals surface area contributed by atoms with Crippen LogP contribution in [0.25, 0.3) is 5.78 Å². The van der Waals surface area contributed by atoms with Crippen LogP contribution in [-0.4, -0.2) is 49.7 Å². The average molecular weight is 350 g/mol. The van der Waals surface area contributed by atoms with E-state index in [0.717, 1.165) is 12.2 Å². The molecule has 2 unspecified atom stereocenters. The summed E-state index contributed by atoms with van der Waals surface area (Å²) in [5.41, 5.74) is 1.22. The van der Waals surface area contributed by atoms with Gasteiger partial charge in [0.2, 0.25) is 5.78 Å². The van der Waals surface area contributed by atoms with E-state index in [0.29, 0.717) is 31.8 Å². The topological polar surface area (TPSA) is 62.9 Å². The van der Waals surface area contributed by atoms with Crippen molar-refractivity contribution in [1.82, 2.24) is 19.3 Å². The Balaban J connectivity index is 1.46. The van der Waals surface area contributed by atoms with E-state index in [2.05, 4.69) is 39.1 Å². The molecule has 0 aliphatic carbocycles. The largest absolute Gasteiger partial charge is 0.383 e. The second kappa shape index (κ2) is 6.16. The van der Waals surface area contributed by atoms with E-state index in [4.69, 9.17) is 4.74 Å². The molecule has 4 heterocycles. The molecular formula is C20H22N4O2. The number of ether oxygens (including phenoxy) is 1. The maximum absolute atomic E-state index is 11.5. The molecule has 0 saturated carbocycles. The van der Waals surface area contributed by atoms with Crippen molar-refractivity contribution in [3.8, 4) is 0 Å². The van der Waals surface area contributed by atoms with Crippen molar-refractivity contribution in [1.29, 1.82) is 0 Å². The number of rotatable bonds is 3. The van der Waals surface area contributed by atoms with Crippen LogP contribution in [-0.2, 0) is 16.9 Å². The number of imidazole rings is 1. The zero-order valence-electron chi connectivity index (χ0n) is 14.5. The summed E-state index contributed by atoms with van der Waals surface area (Å²) in [6.45, 7) is 2.20. The predicted molar refractivity (Wildman–Crippen MR) is 96.5 cm³/mol. The fraction of sp³-hybridized carbons (Fsp3) is 0.400. The number of nitrogens with zero attached hydrogens (tertiary/aromatic N) is 4. The molecule has 6 heteroatoms. The second-order valence-corrected chi connectivity index (χ2v) is 7.38. The first kappa shape index (κ1) is 15.9. The van der Waals surface area contributed by atoms with Crippen LogP contribution in [0.2, 0.25) is 0 Å². The van der Waals surface area contributed by atoms with Crippen molar-refractivity contribution >= 4 is 5.78 Å². The van der Waals surface area contributed by atoms with E-state index in [-0.39, 0.29) is 12.1 Å². The normalized spacial score (nSPS) is 29.1. The van der Waals surface area contributed by atoms with Crippen molar-refractivity contribution < 1.29 is 9.84 Å². The summed E-state index contributed by atoms with van der Waals surface area (Å²) in [4.78, 5) is 11.1. The number of morpholine rings is 1. The molecule has 2 saturated heterocycles. The summed E-state index contributed by atoms with van der Waals surface area (Å²) >= 11 is 0. The maximum Gasteiger partial charge on any atom is 0.233 e. The molecule has 1 N–H and O–H groups in total. The third-order valence-electron chi connectivity index (χ3n) is 5.68. The molecular weight excluding hydrogens is 328 g/mol. The highest BCUT2D eigenvalue weighted by molar-refractivity contribution is 5.33. The van der Waals surface area contributed by atoms with Crippen molar-refractivity contribution in [2.24, 2.45) is 0 Å². The Labute approximate surface area is 152 Å². The van der Waals surface area contributed by atoms with Gasteiger partial charge in [-0.25, -0.2) is 9.97 Å². The number of fused-ring (bicyclic) bond motifs is 3. The highest BCUT2D eigenvalue weighted by Crippen LogP contribution is 2.41. The van der Waals surface area contributed by atoms with Gasteiger partial charge in [-0.2, -0.15) is 0 Å². The van der Waals surface area contributed by atoms with Crippen molar-refractivity contribution in [2.45, 2.75) is 37.1 Å². The molecule has 6 nitrogen and oxygen atoms in total. The average Bonchev–Trinajstić information content (AvgIpc) is 3.09. The Hall–Kier alpha value is -2.28. The number of piperidine rings is 1. The van der Waals surface area contributed by atoms with Crippen LogP contribution >= 0.6 is 0 Å². The lowest BCUT2D eigenvalue weighted by Crippen LogP contribution is -2.60. The highest BCUT2D eigenvalue weighted by atomic mass is 16.5. The van der Waals surface area contributed by atoms with Crippen molar-refractivity contribution in [3.05, 3.63) is 66.2 Å². The fourth-order valence-corrected chi connectivity index (χ4v) is 4.48. The smallest absolute Gasteiger partial charge is 0.233 e. The van der Waals surface area contributed by atoms with Gasteiger partial charge in [0.15, 0.2) is 0 Å². The number of aromatic nitrogens is 3. The highest BCUT2D eigenvalue weighted by Gasteiger charge is 2.48. The van der Waals surface area contributed by atoms with Crippen LogP contribution < -0.4 is 0 Å². The van der Waals surface area contributed by atoms with Crippen LogP contribution in [0.4, 0.5) is 0 Å². The van der Waals surface area contributed by atoms with Crippen LogP contribution in [0.1, 0.15) is 24.1 Å². The van der Waals surface area contributed by atoms with Gasteiger partial charge < -0.3 is 9.84 Å². The van der Waals surface area contributed by atoms with Gasteiger partial charge >= 0.3 is 0 Å². The van der Waals surface area contributed by atoms with Gasteiger partial charge in [-0.15, -0.1) is 0 Å². The quantitative estimate of drug-likeness (QED) is 0.783. The second-order valence-electron chi connectivity index (χ2n) is 7.38. The maximum atomic E-state index is 11.5. The molecule has 134 valence electrons. The minimum Gasteiger partial charge on any atom is -0.383 e. The van der Waals surface area contributed by atoms with Crippen LogP contribution in [0, 0.1) is 0 Å². The van der Waals surface area contributed by atoms with Crippen LogP contribution in [0.5, 0.6) is 0 Å². The zero-order chi connectivity index (χ0) is 17.6. The minimum absolute atomic E-state index is 0.190. The van der Waals surface area contributed by atoms with Gasteiger partial charge in [-0.05, 0) is 24.5 Å². The standard InChI is InChI=1S/C20H22N4O2/c25-20(18-11-22-19-21-7-4-8-23(18)19)9-16-13-26-14-17(10-20)24(16)12-15-5-2-1-3-6-15/h1-8,11,16-17,25H,9-10,12-14H2. The van der Waals surface area contributed by atoms with Crippen molar-refractivity contribution in [2.75, 3.05) is 13.2 Å². The summed E-state index contributed by atoms with van der Waals surface area (Å²) in [6, 6.07) is 12.8. The Kier molecular flexibility index (Phi) is 3.77. The van der Waals surface area contributed by atoms with Gasteiger partial charge in [0.05, 0.1) is 25.1 Å². The molecule has 26 heavy (non-hydrogen) atoms. The summed E-state index contributed by atoms with van der Waals surface area (Å²) in [7, 11) is 0. The van der Waals surface area contributed by atoms with Gasteiger partial charge in [0, 0.05) is 31.0 Å². The molecule has 5 rings (SSSR count). The van der Waals surface area contributed by atoms with E-state index in [1.165, 1.54) is 5.56 Å². The minimum atomic E-state index is -0.908. The Bertz CT molecular complexity index is 896. The third kappa shape index (κ3) is 2.61. The first-order valence-electron chi connectivity index (χ1n) is 9.11. The van der Waals surface area contributed by atoms with Gasteiger partial charge in [-0.1, -0.05) is 30.3 Å². The van der Waals surface area contributed by atoms with Crippen LogP contribution in [0.15, 0.2) is 55.0 Å². The molecule has 2 aromatic heterocycles. The molecule has 2 bridgehead atoms. The van der Waals surface area contributed by atoms with Crippen molar-refractivity contribution in [3.63, 3.8) is 0 Å². The number of hydrogen-bond acceptors (Lipinski definition) is 5. The first-order valence-corrected chi connectivity index (χ1v) is 9.11. The zero-order valence-corrected chi connectivity index (χ0v) is 14.5. The van der Waals surface area contributed by atoms with Crippen LogP contribution in [0.3, 0.4) is 0 Å². The Morgan fingerprint density at radius 3 is 2.62 bits per heavy atom. The van der Waals surface area contributed by atoms with Gasteiger partial charge in [0.1, 0.15) is 5.60 Å². The lowest BCUT2D eigenvalue weighted by Gasteiger charge is -2.51. The Morgan fingerprint density at radius 2 is 1.85 bits per heavy atom. The molecule has 0 radical (unpaired) electrons. The van der Waals surface area contributed by atoms with E-state index in [1.54, 1.807) is 12.4 Å². The third-order valence-corrected chi connectivity index (χ3v) is 5.68. The molecule has 3 aromatic rings. The monoisotopic (exact) mass is 350 g/mol.